The summed E-state index contributed by atoms with van der Waals surface area (Å²) in [6.45, 7) is 8.60. The van der Waals surface area contributed by atoms with Gasteiger partial charge in [-0.2, -0.15) is 0 Å². The van der Waals surface area contributed by atoms with Gasteiger partial charge in [-0.15, -0.1) is 0 Å². The molecule has 0 saturated carbocycles. The molecule has 0 aromatic heterocycles. The molecular weight excluding hydrogens is 265 g/mol. The molecule has 0 bridgehead atoms. The first-order chi connectivity index (χ1) is 10.0. The summed E-state index contributed by atoms with van der Waals surface area (Å²) in [6, 6.07) is 6.90. The average Bonchev–Trinajstić information content (AvgIpc) is 2.50. The van der Waals surface area contributed by atoms with E-state index in [-0.39, 0.29) is 0 Å². The Hall–Kier alpha value is -1.04. The number of benzene rings is 1. The zero-order valence-corrected chi connectivity index (χ0v) is 13.1. The molecule has 1 aliphatic rings. The highest BCUT2D eigenvalue weighted by Gasteiger charge is 2.27. The van der Waals surface area contributed by atoms with E-state index in [0.717, 1.165) is 25.4 Å². The molecule has 0 atom stereocenters. The molecule has 1 aliphatic heterocycles. The molecule has 21 heavy (non-hydrogen) atoms. The Morgan fingerprint density at radius 2 is 1.81 bits per heavy atom. The number of hydrogen-bond donors (Lipinski definition) is 2. The minimum atomic E-state index is -1.42. The van der Waals surface area contributed by atoms with E-state index < -0.39 is 7.12 Å². The maximum absolute atomic E-state index is 9.03. The first-order valence-electron chi connectivity index (χ1n) is 7.84. The minimum Gasteiger partial charge on any atom is -0.492 e. The number of nitrogens with zero attached hydrogens (tertiary/aromatic N) is 1. The van der Waals surface area contributed by atoms with E-state index in [1.165, 1.54) is 19.3 Å². The topological polar surface area (TPSA) is 52.9 Å². The van der Waals surface area contributed by atoms with Crippen molar-refractivity contribution in [1.29, 1.82) is 0 Å². The lowest BCUT2D eigenvalue weighted by molar-refractivity contribution is 0.101. The summed E-state index contributed by atoms with van der Waals surface area (Å²) in [5.74, 6) is 0.773. The molecule has 0 amide bonds. The number of rotatable bonds is 6. The zero-order valence-electron chi connectivity index (χ0n) is 13.1. The molecule has 1 aromatic rings. The van der Waals surface area contributed by atoms with Gasteiger partial charge in [0.1, 0.15) is 12.4 Å². The predicted molar refractivity (Wildman–Crippen MR) is 85.8 cm³/mol. The van der Waals surface area contributed by atoms with Crippen LogP contribution in [0.5, 0.6) is 5.75 Å². The molecule has 0 spiro atoms. The van der Waals surface area contributed by atoms with Gasteiger partial charge in [-0.3, -0.25) is 4.90 Å². The highest BCUT2D eigenvalue weighted by atomic mass is 16.5. The first kappa shape index (κ1) is 16.3. The van der Waals surface area contributed by atoms with Gasteiger partial charge in [0.15, 0.2) is 0 Å². The van der Waals surface area contributed by atoms with E-state index in [1.54, 1.807) is 24.3 Å². The Morgan fingerprint density at radius 3 is 2.33 bits per heavy atom. The van der Waals surface area contributed by atoms with Gasteiger partial charge in [0.05, 0.1) is 0 Å². The lowest BCUT2D eigenvalue weighted by Gasteiger charge is -2.38. The van der Waals surface area contributed by atoms with Gasteiger partial charge in [0, 0.05) is 6.54 Å². The normalized spacial score (nSPS) is 18.5. The van der Waals surface area contributed by atoms with Crippen LogP contribution in [0.15, 0.2) is 24.3 Å². The highest BCUT2D eigenvalue weighted by Crippen LogP contribution is 2.33. The van der Waals surface area contributed by atoms with Crippen LogP contribution in [0.3, 0.4) is 0 Å². The molecule has 1 heterocycles. The van der Waals surface area contributed by atoms with Crippen molar-refractivity contribution in [2.75, 3.05) is 26.2 Å². The lowest BCUT2D eigenvalue weighted by atomic mass is 9.78. The Bertz CT molecular complexity index is 428. The Labute approximate surface area is 127 Å². The smallest absolute Gasteiger partial charge is 0.488 e. The Balaban J connectivity index is 1.70. The molecular formula is C16H26BNO3. The van der Waals surface area contributed by atoms with E-state index in [9.17, 15) is 0 Å². The largest absolute Gasteiger partial charge is 0.492 e. The van der Waals surface area contributed by atoms with Crippen molar-refractivity contribution in [2.24, 2.45) is 5.41 Å². The van der Waals surface area contributed by atoms with Crippen LogP contribution in [0.25, 0.3) is 0 Å². The van der Waals surface area contributed by atoms with Crippen LogP contribution in [0.1, 0.15) is 33.1 Å². The molecule has 0 unspecified atom stereocenters. The predicted octanol–water partition coefficient (Wildman–Crippen LogP) is 1.26. The van der Waals surface area contributed by atoms with Gasteiger partial charge in [0.2, 0.25) is 0 Å². The molecule has 1 aromatic carbocycles. The van der Waals surface area contributed by atoms with E-state index in [4.69, 9.17) is 14.8 Å². The van der Waals surface area contributed by atoms with Crippen molar-refractivity contribution in [3.63, 3.8) is 0 Å². The third kappa shape index (κ3) is 4.73. The van der Waals surface area contributed by atoms with Gasteiger partial charge in [0.25, 0.3) is 0 Å². The van der Waals surface area contributed by atoms with Crippen LogP contribution >= 0.6 is 0 Å². The molecule has 1 saturated heterocycles. The van der Waals surface area contributed by atoms with Crippen molar-refractivity contribution in [3.8, 4) is 5.75 Å². The fourth-order valence-electron chi connectivity index (χ4n) is 2.70. The highest BCUT2D eigenvalue weighted by molar-refractivity contribution is 6.58. The molecule has 2 N–H and O–H groups in total. The van der Waals surface area contributed by atoms with E-state index in [2.05, 4.69) is 18.7 Å². The second-order valence-corrected chi connectivity index (χ2v) is 6.30. The summed E-state index contributed by atoms with van der Waals surface area (Å²) in [6.07, 6.45) is 3.81. The van der Waals surface area contributed by atoms with Crippen molar-refractivity contribution in [3.05, 3.63) is 24.3 Å². The van der Waals surface area contributed by atoms with E-state index in [1.807, 2.05) is 0 Å². The fourth-order valence-corrected chi connectivity index (χ4v) is 2.70. The maximum atomic E-state index is 9.03. The van der Waals surface area contributed by atoms with Gasteiger partial charge in [-0.05, 0) is 48.9 Å². The number of hydrogen-bond acceptors (Lipinski definition) is 4. The second kappa shape index (κ2) is 7.30. The third-order valence-electron chi connectivity index (χ3n) is 4.77. The van der Waals surface area contributed by atoms with E-state index >= 15 is 0 Å². The van der Waals surface area contributed by atoms with Crippen LogP contribution < -0.4 is 10.2 Å². The SMILES string of the molecule is CCC1(C)CCN(CCOc2ccc(B(O)O)cc2)CC1. The minimum absolute atomic E-state index is 0.484. The zero-order chi connectivity index (χ0) is 15.3. The number of likely N-dealkylation sites (tertiary alicyclic amines) is 1. The van der Waals surface area contributed by atoms with Crippen molar-refractivity contribution < 1.29 is 14.8 Å². The number of piperidine rings is 1. The molecule has 0 aliphatic carbocycles. The summed E-state index contributed by atoms with van der Waals surface area (Å²) in [7, 11) is -1.42. The average molecular weight is 291 g/mol. The van der Waals surface area contributed by atoms with Gasteiger partial charge < -0.3 is 14.8 Å². The third-order valence-corrected chi connectivity index (χ3v) is 4.77. The van der Waals surface area contributed by atoms with Crippen molar-refractivity contribution >= 4 is 12.6 Å². The summed E-state index contributed by atoms with van der Waals surface area (Å²) < 4.78 is 5.72. The van der Waals surface area contributed by atoms with Gasteiger partial charge >= 0.3 is 7.12 Å². The number of ether oxygens (including phenoxy) is 1. The van der Waals surface area contributed by atoms with Crippen LogP contribution in [0, 0.1) is 5.41 Å². The molecule has 116 valence electrons. The van der Waals surface area contributed by atoms with Crippen LogP contribution in [0.4, 0.5) is 0 Å². The van der Waals surface area contributed by atoms with Gasteiger partial charge in [-0.25, -0.2) is 0 Å². The summed E-state index contributed by atoms with van der Waals surface area (Å²) >= 11 is 0. The van der Waals surface area contributed by atoms with E-state index in [0.29, 0.717) is 17.5 Å². The van der Waals surface area contributed by atoms with Crippen molar-refractivity contribution in [2.45, 2.75) is 33.1 Å². The van der Waals surface area contributed by atoms with Crippen molar-refractivity contribution in [1.82, 2.24) is 4.90 Å². The molecule has 0 radical (unpaired) electrons. The molecule has 4 nitrogen and oxygen atoms in total. The summed E-state index contributed by atoms with van der Waals surface area (Å²) in [5, 5.41) is 18.1. The lowest BCUT2D eigenvalue weighted by Crippen LogP contribution is -2.40. The second-order valence-electron chi connectivity index (χ2n) is 6.30. The van der Waals surface area contributed by atoms with Crippen LogP contribution in [-0.2, 0) is 0 Å². The maximum Gasteiger partial charge on any atom is 0.488 e. The standard InChI is InChI=1S/C16H26BNO3/c1-3-16(2)8-10-18(11-9-16)12-13-21-15-6-4-14(5-7-15)17(19)20/h4-7,19-20H,3,8-13H2,1-2H3. The fraction of sp³-hybridized carbons (Fsp3) is 0.625. The van der Waals surface area contributed by atoms with Gasteiger partial charge in [-0.1, -0.05) is 32.4 Å². The Kier molecular flexibility index (Phi) is 5.68. The molecule has 5 heteroatoms. The van der Waals surface area contributed by atoms with Crippen LogP contribution in [-0.4, -0.2) is 48.3 Å². The first-order valence-corrected chi connectivity index (χ1v) is 7.84. The quantitative estimate of drug-likeness (QED) is 0.775. The van der Waals surface area contributed by atoms with Crippen LogP contribution in [0.2, 0.25) is 0 Å². The summed E-state index contributed by atoms with van der Waals surface area (Å²) in [5.41, 5.74) is 1.01. The summed E-state index contributed by atoms with van der Waals surface area (Å²) in [4.78, 5) is 2.46. The molecule has 1 fully saturated rings. The molecule has 2 rings (SSSR count). The Morgan fingerprint density at radius 1 is 1.19 bits per heavy atom. The monoisotopic (exact) mass is 291 g/mol.